The molecule has 2 aromatic heterocycles. The maximum Gasteiger partial charge on any atom is 0.414 e. The van der Waals surface area contributed by atoms with Crippen LogP contribution >= 0.6 is 11.6 Å². The highest BCUT2D eigenvalue weighted by Crippen LogP contribution is 2.47. The van der Waals surface area contributed by atoms with Crippen LogP contribution in [-0.4, -0.2) is 77.8 Å². The minimum absolute atomic E-state index is 0.0149. The molecule has 0 spiro atoms. The predicted octanol–water partition coefficient (Wildman–Crippen LogP) is 6.73. The number of fused-ring (bicyclic) bond motifs is 1. The number of aromatic nitrogens is 4. The van der Waals surface area contributed by atoms with Crippen molar-refractivity contribution in [1.82, 2.24) is 24.6 Å². The number of carbonyl (C=O) groups is 2. The highest BCUT2D eigenvalue weighted by molar-refractivity contribution is 6.74. The van der Waals surface area contributed by atoms with Gasteiger partial charge in [-0.05, 0) is 62.7 Å². The summed E-state index contributed by atoms with van der Waals surface area (Å²) in [5.74, 6) is 0.527. The molecule has 1 atom stereocenters. The molecule has 4 rings (SSSR count). The number of hydrogen-bond donors (Lipinski definition) is 1. The highest BCUT2D eigenvalue weighted by Gasteiger charge is 2.47. The summed E-state index contributed by atoms with van der Waals surface area (Å²) in [5.41, 5.74) is 1.50. The van der Waals surface area contributed by atoms with E-state index in [0.717, 1.165) is 5.56 Å². The third kappa shape index (κ3) is 7.94. The molecule has 2 amide bonds. The maximum atomic E-state index is 13.5. The minimum atomic E-state index is -2.16. The summed E-state index contributed by atoms with van der Waals surface area (Å²) < 4.78 is 14.0. The number of ether oxygens (including phenoxy) is 1. The van der Waals surface area contributed by atoms with Crippen LogP contribution in [0, 0.1) is 11.3 Å². The number of anilines is 3. The lowest BCUT2D eigenvalue weighted by Gasteiger charge is -2.39. The van der Waals surface area contributed by atoms with Crippen LogP contribution in [0.15, 0.2) is 30.5 Å². The summed E-state index contributed by atoms with van der Waals surface area (Å²) >= 11 is 6.17. The standard InChI is InChI=1S/C33H45ClN8O4Si/c1-31(2,3)46-30(44)41-19-33(7,20-45-47(10,11)32(4,5)6)23-15-21(14-22(17-35)28(23)41)24-12-13-36-29(37-24)38-26-16-25(34)39-42(26)18-27(43)40(8)9/h12-16H,18-20H2,1-11H3,(H,36,37,38)/t33-/m1/s1. The van der Waals surface area contributed by atoms with Gasteiger partial charge in [0.25, 0.3) is 0 Å². The molecule has 1 aliphatic rings. The predicted molar refractivity (Wildman–Crippen MR) is 185 cm³/mol. The molecule has 0 bridgehead atoms. The Bertz CT molecular complexity index is 1720. The number of rotatable bonds is 8. The summed E-state index contributed by atoms with van der Waals surface area (Å²) in [7, 11) is 1.17. The van der Waals surface area contributed by atoms with Gasteiger partial charge < -0.3 is 19.4 Å². The first-order valence-electron chi connectivity index (χ1n) is 15.4. The molecule has 3 aromatic rings. The average molecular weight is 681 g/mol. The SMILES string of the molecule is CN(C)C(=O)Cn1nc(Cl)cc1Nc1nccc(-c2cc(C#N)c3c(c2)[C@@](C)(CO[Si](C)(C)C(C)(C)C)CN3C(=O)OC(C)(C)C)n1. The number of nitriles is 1. The van der Waals surface area contributed by atoms with Crippen LogP contribution in [0.3, 0.4) is 0 Å². The van der Waals surface area contributed by atoms with E-state index in [4.69, 9.17) is 25.7 Å². The summed E-state index contributed by atoms with van der Waals surface area (Å²) in [5, 5.41) is 17.9. The average Bonchev–Trinajstić information content (AvgIpc) is 3.46. The van der Waals surface area contributed by atoms with Crippen LogP contribution in [0.1, 0.15) is 59.6 Å². The number of hydrogen-bond acceptors (Lipinski definition) is 9. The molecule has 0 radical (unpaired) electrons. The number of nitrogens with one attached hydrogen (secondary N) is 1. The zero-order valence-electron chi connectivity index (χ0n) is 29.1. The van der Waals surface area contributed by atoms with E-state index in [0.29, 0.717) is 34.9 Å². The first-order valence-corrected chi connectivity index (χ1v) is 18.7. The van der Waals surface area contributed by atoms with E-state index in [9.17, 15) is 14.9 Å². The van der Waals surface area contributed by atoms with Crippen molar-refractivity contribution >= 4 is 49.4 Å². The first kappa shape index (κ1) is 35.9. The van der Waals surface area contributed by atoms with Gasteiger partial charge in [0.1, 0.15) is 24.0 Å². The molecular formula is C33H45ClN8O4Si. The van der Waals surface area contributed by atoms with E-state index >= 15 is 0 Å². The summed E-state index contributed by atoms with van der Waals surface area (Å²) in [6, 6.07) is 9.34. The van der Waals surface area contributed by atoms with Crippen molar-refractivity contribution in [2.24, 2.45) is 0 Å². The maximum absolute atomic E-state index is 13.5. The van der Waals surface area contributed by atoms with E-state index in [-0.39, 0.29) is 35.1 Å². The molecule has 14 heteroatoms. The Kier molecular flexibility index (Phi) is 9.84. The van der Waals surface area contributed by atoms with Gasteiger partial charge in [-0.1, -0.05) is 39.3 Å². The first-order chi connectivity index (χ1) is 21.6. The largest absolute Gasteiger partial charge is 0.443 e. The van der Waals surface area contributed by atoms with Crippen LogP contribution in [0.4, 0.5) is 22.2 Å². The van der Waals surface area contributed by atoms with Crippen molar-refractivity contribution in [2.45, 2.75) is 84.2 Å². The van der Waals surface area contributed by atoms with Crippen LogP contribution in [0.25, 0.3) is 11.3 Å². The second-order valence-electron chi connectivity index (χ2n) is 14.9. The smallest absolute Gasteiger partial charge is 0.414 e. The van der Waals surface area contributed by atoms with Crippen molar-refractivity contribution < 1.29 is 18.8 Å². The van der Waals surface area contributed by atoms with E-state index in [1.165, 1.54) is 9.58 Å². The van der Waals surface area contributed by atoms with Gasteiger partial charge in [0.15, 0.2) is 13.5 Å². The van der Waals surface area contributed by atoms with E-state index in [2.05, 4.69) is 62.3 Å². The fourth-order valence-corrected chi connectivity index (χ4v) is 6.16. The Labute approximate surface area is 283 Å². The second kappa shape index (κ2) is 12.9. The molecule has 0 aliphatic carbocycles. The number of benzene rings is 1. The van der Waals surface area contributed by atoms with Crippen molar-refractivity contribution in [3.05, 3.63) is 46.7 Å². The topological polar surface area (TPSA) is 138 Å². The number of nitrogens with zero attached hydrogens (tertiary/aromatic N) is 7. The van der Waals surface area contributed by atoms with Crippen LogP contribution in [0.2, 0.25) is 23.3 Å². The molecule has 1 aromatic carbocycles. The second-order valence-corrected chi connectivity index (χ2v) is 20.1. The van der Waals surface area contributed by atoms with Gasteiger partial charge in [0, 0.05) is 50.5 Å². The van der Waals surface area contributed by atoms with Crippen molar-refractivity contribution in [1.29, 1.82) is 5.26 Å². The van der Waals surface area contributed by atoms with Gasteiger partial charge in [0.2, 0.25) is 11.9 Å². The fourth-order valence-electron chi connectivity index (χ4n) is 4.85. The van der Waals surface area contributed by atoms with E-state index in [1.54, 1.807) is 43.4 Å². The van der Waals surface area contributed by atoms with Gasteiger partial charge >= 0.3 is 6.09 Å². The minimum Gasteiger partial charge on any atom is -0.443 e. The summed E-state index contributed by atoms with van der Waals surface area (Å²) in [4.78, 5) is 38.0. The summed E-state index contributed by atoms with van der Waals surface area (Å²) in [6.07, 6.45) is 1.08. The molecule has 0 fully saturated rings. The lowest BCUT2D eigenvalue weighted by Crippen LogP contribution is -2.46. The highest BCUT2D eigenvalue weighted by atomic mass is 35.5. The Morgan fingerprint density at radius 2 is 1.85 bits per heavy atom. The normalized spacial score (nSPS) is 16.4. The summed E-state index contributed by atoms with van der Waals surface area (Å²) in [6.45, 7) is 19.1. The molecule has 1 N–H and O–H groups in total. The van der Waals surface area contributed by atoms with E-state index < -0.39 is 25.4 Å². The zero-order valence-corrected chi connectivity index (χ0v) is 30.9. The van der Waals surface area contributed by atoms with Crippen LogP contribution < -0.4 is 10.2 Å². The van der Waals surface area contributed by atoms with Gasteiger partial charge in [-0.2, -0.15) is 10.4 Å². The Morgan fingerprint density at radius 1 is 1.17 bits per heavy atom. The lowest BCUT2D eigenvalue weighted by atomic mass is 9.83. The molecule has 0 saturated carbocycles. The van der Waals surface area contributed by atoms with Gasteiger partial charge in [0.05, 0.1) is 16.9 Å². The Morgan fingerprint density at radius 3 is 2.45 bits per heavy atom. The molecular weight excluding hydrogens is 636 g/mol. The van der Waals surface area contributed by atoms with Crippen LogP contribution in [-0.2, 0) is 25.9 Å². The molecule has 47 heavy (non-hydrogen) atoms. The molecule has 252 valence electrons. The molecule has 3 heterocycles. The zero-order chi connectivity index (χ0) is 35.1. The Hall–Kier alpha value is -3.99. The van der Waals surface area contributed by atoms with Crippen molar-refractivity contribution in [2.75, 3.05) is 37.5 Å². The quantitative estimate of drug-likeness (QED) is 0.257. The molecule has 1 aliphatic heterocycles. The molecule has 0 saturated heterocycles. The number of carbonyl (C=O) groups excluding carboxylic acids is 2. The number of halogens is 1. The van der Waals surface area contributed by atoms with Crippen LogP contribution in [0.5, 0.6) is 0 Å². The van der Waals surface area contributed by atoms with Crippen molar-refractivity contribution in [3.63, 3.8) is 0 Å². The van der Waals surface area contributed by atoms with E-state index in [1.807, 2.05) is 26.8 Å². The molecule has 0 unspecified atom stereocenters. The fraction of sp³-hybridized carbons (Fsp3) is 0.515. The third-order valence-electron chi connectivity index (χ3n) is 8.55. The van der Waals surface area contributed by atoms with Gasteiger partial charge in [-0.25, -0.2) is 19.4 Å². The van der Waals surface area contributed by atoms with Crippen molar-refractivity contribution in [3.8, 4) is 17.3 Å². The number of likely N-dealkylation sites (N-methyl/N-ethyl adjacent to an activating group) is 1. The number of amides is 2. The molecule has 12 nitrogen and oxygen atoms in total. The van der Waals surface area contributed by atoms with Gasteiger partial charge in [-0.15, -0.1) is 0 Å². The lowest BCUT2D eigenvalue weighted by molar-refractivity contribution is -0.129. The van der Waals surface area contributed by atoms with Gasteiger partial charge in [-0.3, -0.25) is 9.69 Å². The monoisotopic (exact) mass is 680 g/mol. The third-order valence-corrected chi connectivity index (χ3v) is 13.2. The Balaban J connectivity index is 1.77.